The van der Waals surface area contributed by atoms with Crippen LogP contribution in [0.15, 0.2) is 91.0 Å². The number of aromatic nitrogens is 2. The summed E-state index contributed by atoms with van der Waals surface area (Å²) in [5.41, 5.74) is 4.64. The number of imidazole rings is 1. The third-order valence-corrected chi connectivity index (χ3v) is 12.3. The molecule has 0 atom stereocenters. The van der Waals surface area contributed by atoms with Crippen LogP contribution in [0.25, 0.3) is 71.6 Å². The maximum Gasteiger partial charge on any atom is 0.113 e. The normalized spacial score (nSPS) is 13.7. The Morgan fingerprint density at radius 2 is 0.903 bits per heavy atom. The minimum absolute atomic E-state index is 0.0164. The molecule has 1 aliphatic rings. The standard InChI is InChI=1S/C43H15B17N2/c44-31-27-25(16-6-5-7-18(14-16)62-24-11-4-3-10-23(24)61-39(62)41(52,53)54)28-30(34(47)38(51)36(49)32(28)45)26(29(27)33(46)37(50)35(31)48)17-12-13-20-19-8-1-2-9-21(19)40(22(20)15-17,42(55,56)57)43(58,59)60/h1-15H. The van der Waals surface area contributed by atoms with Crippen molar-refractivity contribution >= 4 is 210 Å². The van der Waals surface area contributed by atoms with Gasteiger partial charge in [-0.05, 0) is 102 Å². The monoisotopic (exact) mass is 746 g/mol. The summed E-state index contributed by atoms with van der Waals surface area (Å²) in [7, 11) is 114. The van der Waals surface area contributed by atoms with Crippen LogP contribution >= 0.6 is 0 Å². The Labute approximate surface area is 384 Å². The Balaban J connectivity index is 1.47. The molecular weight excluding hydrogens is 728 g/mol. The van der Waals surface area contributed by atoms with Crippen molar-refractivity contribution in [2.24, 2.45) is 0 Å². The van der Waals surface area contributed by atoms with Crippen molar-refractivity contribution in [2.45, 2.75) is 20.8 Å². The molecule has 62 heavy (non-hydrogen) atoms. The fourth-order valence-electron chi connectivity index (χ4n) is 9.65. The predicted molar refractivity (Wildman–Crippen MR) is 275 cm³/mol. The van der Waals surface area contributed by atoms with Crippen molar-refractivity contribution in [1.29, 1.82) is 0 Å². The molecule has 0 saturated carbocycles. The van der Waals surface area contributed by atoms with Gasteiger partial charge in [-0.2, -0.15) is 0 Å². The molecule has 9 rings (SSSR count). The van der Waals surface area contributed by atoms with Crippen molar-refractivity contribution in [3.8, 4) is 39.1 Å². The molecule has 1 aromatic heterocycles. The summed E-state index contributed by atoms with van der Waals surface area (Å²) >= 11 is 0. The van der Waals surface area contributed by atoms with Crippen molar-refractivity contribution in [2.75, 3.05) is 0 Å². The SMILES string of the molecule is [B]c1c([B])c([B])c2c(-c3ccc4c(c3)C(C([B])([B])[B])(C([B])([B])[B])c3ccccc3-4)c3c([B])c([B])c([B])c([B])c3c(-c3cccc(-n4c(C([B])([B])[B])nc5ccccc54)c3)c2c1[B]. The van der Waals surface area contributed by atoms with E-state index in [1.165, 1.54) is 0 Å². The van der Waals surface area contributed by atoms with E-state index in [4.69, 9.17) is 133 Å². The topological polar surface area (TPSA) is 17.8 Å². The van der Waals surface area contributed by atoms with Crippen LogP contribution in [-0.2, 0) is 10.5 Å². The molecule has 8 aromatic rings. The summed E-state index contributed by atoms with van der Waals surface area (Å²) in [5.74, 6) is 0.185. The second kappa shape index (κ2) is 14.3. The molecule has 0 spiro atoms. The van der Waals surface area contributed by atoms with Crippen LogP contribution in [-0.4, -0.2) is 143 Å². The van der Waals surface area contributed by atoms with Gasteiger partial charge in [-0.25, -0.2) is 4.98 Å². The van der Waals surface area contributed by atoms with Crippen LogP contribution in [0, 0.1) is 0 Å². The fraction of sp³-hybridized carbons (Fsp3) is 0.0930. The zero-order chi connectivity index (χ0) is 44.7. The van der Waals surface area contributed by atoms with Gasteiger partial charge in [0.15, 0.2) is 0 Å². The van der Waals surface area contributed by atoms with Gasteiger partial charge in [0.1, 0.15) is 62.8 Å². The van der Waals surface area contributed by atoms with Gasteiger partial charge in [-0.15, -0.1) is 32.1 Å². The molecule has 2 nitrogen and oxygen atoms in total. The van der Waals surface area contributed by atoms with Gasteiger partial charge in [0.2, 0.25) is 0 Å². The van der Waals surface area contributed by atoms with Gasteiger partial charge < -0.3 is 0 Å². The Kier molecular flexibility index (Phi) is 9.91. The van der Waals surface area contributed by atoms with Crippen LogP contribution < -0.4 is 43.7 Å². The van der Waals surface area contributed by atoms with Crippen LogP contribution in [0.3, 0.4) is 0 Å². The highest BCUT2D eigenvalue weighted by Gasteiger charge is 2.55. The van der Waals surface area contributed by atoms with Crippen LogP contribution in [0.1, 0.15) is 17.0 Å². The van der Waals surface area contributed by atoms with Crippen LogP contribution in [0.4, 0.5) is 0 Å². The number of benzene rings is 7. The lowest BCUT2D eigenvalue weighted by molar-refractivity contribution is 0.533. The molecule has 248 valence electrons. The molecule has 7 aromatic carbocycles. The minimum atomic E-state index is -2.12. The highest BCUT2D eigenvalue weighted by molar-refractivity contribution is 6.71. The molecular formula is C43H15B17N2. The first-order valence-electron chi connectivity index (χ1n) is 19.2. The smallest absolute Gasteiger partial charge is 0.113 e. The summed E-state index contributed by atoms with van der Waals surface area (Å²) in [4.78, 5) is 4.69. The fourth-order valence-corrected chi connectivity index (χ4v) is 9.65. The van der Waals surface area contributed by atoms with Gasteiger partial charge in [-0.3, -0.25) is 4.57 Å². The Morgan fingerprint density at radius 1 is 0.435 bits per heavy atom. The van der Waals surface area contributed by atoms with Gasteiger partial charge in [-0.1, -0.05) is 87.6 Å². The lowest BCUT2D eigenvalue weighted by Gasteiger charge is -2.56. The quantitative estimate of drug-likeness (QED) is 0.132. The van der Waals surface area contributed by atoms with Crippen molar-refractivity contribution in [3.05, 3.63) is 108 Å². The number of fused-ring (bicyclic) bond motifs is 6. The minimum Gasteiger partial charge on any atom is -0.298 e. The van der Waals surface area contributed by atoms with E-state index >= 15 is 0 Å². The van der Waals surface area contributed by atoms with E-state index in [-0.39, 0.29) is 49.5 Å². The molecule has 34 radical (unpaired) electrons. The van der Waals surface area contributed by atoms with E-state index in [1.54, 1.807) is 22.8 Å². The summed E-state index contributed by atoms with van der Waals surface area (Å²) in [5, 5.41) is -4.67. The first kappa shape index (κ1) is 42.9. The van der Waals surface area contributed by atoms with E-state index in [0.29, 0.717) is 82.8 Å². The number of hydrogen-bond donors (Lipinski definition) is 0. The number of hydrogen-bond acceptors (Lipinski definition) is 1. The molecule has 1 aliphatic carbocycles. The maximum absolute atomic E-state index is 7.07. The summed E-state index contributed by atoms with van der Waals surface area (Å²) in [6, 6.07) is 27.5. The number of para-hydroxylation sites is 2. The Hall–Kier alpha value is -4.37. The largest absolute Gasteiger partial charge is 0.298 e. The molecule has 0 fully saturated rings. The first-order valence-corrected chi connectivity index (χ1v) is 19.2. The lowest BCUT2D eigenvalue weighted by Crippen LogP contribution is -2.52. The van der Waals surface area contributed by atoms with Gasteiger partial charge in [0, 0.05) is 5.69 Å². The second-order valence-electron chi connectivity index (χ2n) is 16.2. The zero-order valence-electron chi connectivity index (χ0n) is 33.4. The van der Waals surface area contributed by atoms with Crippen LogP contribution in [0.2, 0.25) is 10.2 Å². The van der Waals surface area contributed by atoms with E-state index < -0.39 is 20.8 Å². The molecule has 0 saturated heterocycles. The van der Waals surface area contributed by atoms with Crippen molar-refractivity contribution in [3.63, 3.8) is 0 Å². The molecule has 0 bridgehead atoms. The Bertz CT molecular complexity index is 3150. The van der Waals surface area contributed by atoms with E-state index in [1.807, 2.05) is 72.8 Å². The third kappa shape index (κ3) is 5.84. The van der Waals surface area contributed by atoms with Crippen molar-refractivity contribution < 1.29 is 0 Å². The zero-order valence-corrected chi connectivity index (χ0v) is 33.4. The average Bonchev–Trinajstić information content (AvgIpc) is 3.77. The first-order chi connectivity index (χ1) is 29.0. The predicted octanol–water partition coefficient (Wildman–Crippen LogP) is -2.94. The van der Waals surface area contributed by atoms with Crippen LogP contribution in [0.5, 0.6) is 0 Å². The number of rotatable bonds is 6. The molecule has 0 amide bonds. The summed E-state index contributed by atoms with van der Waals surface area (Å²) < 4.78 is 1.76. The maximum atomic E-state index is 7.07. The van der Waals surface area contributed by atoms with Gasteiger partial charge in [0.05, 0.1) is 87.5 Å². The molecule has 0 aliphatic heterocycles. The Morgan fingerprint density at radius 3 is 1.42 bits per heavy atom. The van der Waals surface area contributed by atoms with Gasteiger partial charge >= 0.3 is 0 Å². The second-order valence-corrected chi connectivity index (χ2v) is 16.2. The summed E-state index contributed by atoms with van der Waals surface area (Å²) in [6.45, 7) is 0. The highest BCUT2D eigenvalue weighted by Crippen LogP contribution is 2.65. The van der Waals surface area contributed by atoms with Gasteiger partial charge in [0.25, 0.3) is 0 Å². The summed E-state index contributed by atoms with van der Waals surface area (Å²) in [6.07, 6.45) is 0. The average molecular weight is 743 g/mol. The lowest BCUT2D eigenvalue weighted by atomic mass is 9.18. The molecule has 19 heteroatoms. The molecule has 1 heterocycles. The van der Waals surface area contributed by atoms with Crippen molar-refractivity contribution in [1.82, 2.24) is 9.55 Å². The van der Waals surface area contributed by atoms with E-state index in [9.17, 15) is 0 Å². The number of nitrogens with zero attached hydrogens (tertiary/aromatic N) is 2. The van der Waals surface area contributed by atoms with E-state index in [0.717, 1.165) is 0 Å². The third-order valence-electron chi connectivity index (χ3n) is 12.3. The molecule has 0 N–H and O–H groups in total. The highest BCUT2D eigenvalue weighted by atomic mass is 15.1. The van der Waals surface area contributed by atoms with E-state index in [2.05, 4.69) is 4.98 Å². The molecule has 0 unspecified atom stereocenters.